The molecule has 0 aliphatic carbocycles. The van der Waals surface area contributed by atoms with E-state index in [1.807, 2.05) is 61.5 Å². The molecule has 6 heteroatoms. The van der Waals surface area contributed by atoms with Crippen molar-refractivity contribution in [3.05, 3.63) is 60.2 Å². The molecule has 132 valence electrons. The summed E-state index contributed by atoms with van der Waals surface area (Å²) in [5.41, 5.74) is 1.95. The molecule has 5 nitrogen and oxygen atoms in total. The smallest absolute Gasteiger partial charge is 0.231 e. The van der Waals surface area contributed by atoms with Crippen molar-refractivity contribution in [3.8, 4) is 0 Å². The first-order valence-electron chi connectivity index (χ1n) is 8.62. The number of hydrogen-bond acceptors (Lipinski definition) is 4. The quantitative estimate of drug-likeness (QED) is 0.764. The van der Waals surface area contributed by atoms with Crippen molar-refractivity contribution in [3.63, 3.8) is 0 Å². The number of rotatable bonds is 4. The van der Waals surface area contributed by atoms with Gasteiger partial charge in [0.05, 0.1) is 22.2 Å². The molecule has 1 N–H and O–H groups in total. The van der Waals surface area contributed by atoms with E-state index < -0.39 is 0 Å². The number of para-hydroxylation sites is 1. The zero-order valence-corrected chi connectivity index (χ0v) is 15.2. The zero-order chi connectivity index (χ0) is 18.1. The van der Waals surface area contributed by atoms with Gasteiger partial charge in [0.25, 0.3) is 0 Å². The third kappa shape index (κ3) is 3.20. The molecule has 2 amide bonds. The number of anilines is 1. The summed E-state index contributed by atoms with van der Waals surface area (Å²) >= 11 is 1.45. The lowest BCUT2D eigenvalue weighted by Gasteiger charge is -2.25. The van der Waals surface area contributed by atoms with E-state index in [9.17, 15) is 9.59 Å². The minimum Gasteiger partial charge on any atom is -0.335 e. The Labute approximate surface area is 155 Å². The minimum atomic E-state index is -0.347. The van der Waals surface area contributed by atoms with Gasteiger partial charge in [0.1, 0.15) is 0 Å². The Morgan fingerprint density at radius 1 is 1.19 bits per heavy atom. The largest absolute Gasteiger partial charge is 0.335 e. The second kappa shape index (κ2) is 6.88. The summed E-state index contributed by atoms with van der Waals surface area (Å²) in [6.45, 7) is 2.44. The second-order valence-electron chi connectivity index (χ2n) is 6.51. The van der Waals surface area contributed by atoms with Crippen LogP contribution in [0.1, 0.15) is 24.9 Å². The number of carbonyl (C=O) groups excluding carboxylic acids is 2. The van der Waals surface area contributed by atoms with Gasteiger partial charge in [-0.15, -0.1) is 0 Å². The van der Waals surface area contributed by atoms with Crippen LogP contribution in [-0.4, -0.2) is 28.2 Å². The van der Waals surface area contributed by atoms with Crippen LogP contribution in [0.25, 0.3) is 10.2 Å². The number of thiazole rings is 1. The van der Waals surface area contributed by atoms with Gasteiger partial charge < -0.3 is 10.2 Å². The van der Waals surface area contributed by atoms with Crippen molar-refractivity contribution in [2.75, 3.05) is 11.9 Å². The molecule has 4 rings (SSSR count). The number of likely N-dealkylation sites (tertiary alicyclic amines) is 1. The first kappa shape index (κ1) is 16.7. The molecule has 2 heterocycles. The maximum atomic E-state index is 12.6. The molecule has 2 atom stereocenters. The number of benzene rings is 2. The Morgan fingerprint density at radius 2 is 1.92 bits per heavy atom. The average molecular weight is 365 g/mol. The van der Waals surface area contributed by atoms with Crippen LogP contribution >= 0.6 is 11.3 Å². The molecule has 1 saturated heterocycles. The molecule has 3 aromatic rings. The van der Waals surface area contributed by atoms with Crippen LogP contribution in [0.4, 0.5) is 5.13 Å². The monoisotopic (exact) mass is 365 g/mol. The highest BCUT2D eigenvalue weighted by Gasteiger charge is 2.37. The molecular formula is C20H19N3O2S. The van der Waals surface area contributed by atoms with Crippen LogP contribution < -0.4 is 5.32 Å². The predicted octanol–water partition coefficient (Wildman–Crippen LogP) is 3.84. The van der Waals surface area contributed by atoms with E-state index in [0.717, 1.165) is 15.8 Å². The normalized spacial score (nSPS) is 18.3. The van der Waals surface area contributed by atoms with Crippen molar-refractivity contribution in [2.24, 2.45) is 5.92 Å². The van der Waals surface area contributed by atoms with Gasteiger partial charge in [-0.25, -0.2) is 4.98 Å². The van der Waals surface area contributed by atoms with Crippen molar-refractivity contribution in [2.45, 2.75) is 19.4 Å². The van der Waals surface area contributed by atoms with Gasteiger partial charge in [-0.3, -0.25) is 9.59 Å². The SMILES string of the molecule is C[C@@H](c1ccccc1)N1C[C@@H](C(=O)Nc2nc3ccccc3s2)CC1=O. The van der Waals surface area contributed by atoms with Gasteiger partial charge in [-0.2, -0.15) is 0 Å². The number of nitrogens with one attached hydrogen (secondary N) is 1. The van der Waals surface area contributed by atoms with Crippen LogP contribution in [0.2, 0.25) is 0 Å². The predicted molar refractivity (Wildman–Crippen MR) is 103 cm³/mol. The number of hydrogen-bond donors (Lipinski definition) is 1. The summed E-state index contributed by atoms with van der Waals surface area (Å²) in [7, 11) is 0. The van der Waals surface area contributed by atoms with Crippen molar-refractivity contribution in [1.82, 2.24) is 9.88 Å². The van der Waals surface area contributed by atoms with Gasteiger partial charge in [0, 0.05) is 13.0 Å². The van der Waals surface area contributed by atoms with Crippen LogP contribution in [0, 0.1) is 5.92 Å². The van der Waals surface area contributed by atoms with Crippen LogP contribution in [0.3, 0.4) is 0 Å². The van der Waals surface area contributed by atoms with Gasteiger partial charge in [-0.05, 0) is 24.6 Å². The summed E-state index contributed by atoms with van der Waals surface area (Å²) in [5.74, 6) is -0.466. The third-order valence-electron chi connectivity index (χ3n) is 4.80. The lowest BCUT2D eigenvalue weighted by molar-refractivity contribution is -0.129. The molecule has 0 saturated carbocycles. The first-order valence-corrected chi connectivity index (χ1v) is 9.44. The second-order valence-corrected chi connectivity index (χ2v) is 7.54. The van der Waals surface area contributed by atoms with E-state index in [1.54, 1.807) is 4.90 Å². The fourth-order valence-electron chi connectivity index (χ4n) is 3.33. The van der Waals surface area contributed by atoms with Crippen LogP contribution in [0.5, 0.6) is 0 Å². The molecule has 1 aliphatic heterocycles. The standard InChI is InChI=1S/C20H19N3O2S/c1-13(14-7-3-2-4-8-14)23-12-15(11-18(23)24)19(25)22-20-21-16-9-5-6-10-17(16)26-20/h2-10,13,15H,11-12H2,1H3,(H,21,22,25)/t13-,15-/m0/s1. The maximum Gasteiger partial charge on any atom is 0.231 e. The molecule has 1 fully saturated rings. The van der Waals surface area contributed by atoms with Crippen molar-refractivity contribution >= 4 is 38.5 Å². The number of amides is 2. The van der Waals surface area contributed by atoms with Crippen molar-refractivity contribution < 1.29 is 9.59 Å². The number of aromatic nitrogens is 1. The Balaban J connectivity index is 1.45. The first-order chi connectivity index (χ1) is 12.6. The number of fused-ring (bicyclic) bond motifs is 1. The Kier molecular flexibility index (Phi) is 4.42. The zero-order valence-electron chi connectivity index (χ0n) is 14.4. The van der Waals surface area contributed by atoms with Gasteiger partial charge >= 0.3 is 0 Å². The van der Waals surface area contributed by atoms with E-state index in [2.05, 4.69) is 10.3 Å². The summed E-state index contributed by atoms with van der Waals surface area (Å²) in [6, 6.07) is 17.6. The molecule has 1 aliphatic rings. The van der Waals surface area contributed by atoms with E-state index in [0.29, 0.717) is 11.7 Å². The Bertz CT molecular complexity index is 921. The fraction of sp³-hybridized carbons (Fsp3) is 0.250. The minimum absolute atomic E-state index is 0.0193. The molecule has 0 radical (unpaired) electrons. The number of nitrogens with zero attached hydrogens (tertiary/aromatic N) is 2. The van der Waals surface area contributed by atoms with Gasteiger partial charge in [0.2, 0.25) is 11.8 Å². The Hall–Kier alpha value is -2.73. The highest BCUT2D eigenvalue weighted by molar-refractivity contribution is 7.22. The van der Waals surface area contributed by atoms with E-state index >= 15 is 0 Å². The topological polar surface area (TPSA) is 62.3 Å². The summed E-state index contributed by atoms with van der Waals surface area (Å²) < 4.78 is 1.03. The molecule has 0 unspecified atom stereocenters. The van der Waals surface area contributed by atoms with E-state index in [1.165, 1.54) is 11.3 Å². The molecular weight excluding hydrogens is 346 g/mol. The highest BCUT2D eigenvalue weighted by atomic mass is 32.1. The maximum absolute atomic E-state index is 12.6. The molecule has 26 heavy (non-hydrogen) atoms. The van der Waals surface area contributed by atoms with Crippen molar-refractivity contribution in [1.29, 1.82) is 0 Å². The van der Waals surface area contributed by atoms with Crippen LogP contribution in [-0.2, 0) is 9.59 Å². The highest BCUT2D eigenvalue weighted by Crippen LogP contribution is 2.30. The molecule has 0 spiro atoms. The lowest BCUT2D eigenvalue weighted by Crippen LogP contribution is -2.30. The summed E-state index contributed by atoms with van der Waals surface area (Å²) in [5, 5.41) is 3.46. The average Bonchev–Trinajstić information content (AvgIpc) is 3.24. The molecule has 0 bridgehead atoms. The summed E-state index contributed by atoms with van der Waals surface area (Å²) in [4.78, 5) is 31.3. The number of carbonyl (C=O) groups is 2. The fourth-order valence-corrected chi connectivity index (χ4v) is 4.19. The molecule has 1 aromatic heterocycles. The van der Waals surface area contributed by atoms with Gasteiger partial charge in [-0.1, -0.05) is 53.8 Å². The Morgan fingerprint density at radius 3 is 2.69 bits per heavy atom. The summed E-state index contributed by atoms with van der Waals surface area (Å²) in [6.07, 6.45) is 0.244. The molecule has 2 aromatic carbocycles. The third-order valence-corrected chi connectivity index (χ3v) is 5.75. The van der Waals surface area contributed by atoms with Gasteiger partial charge in [0.15, 0.2) is 5.13 Å². The lowest BCUT2D eigenvalue weighted by atomic mass is 10.1. The van der Waals surface area contributed by atoms with E-state index in [4.69, 9.17) is 0 Å². The van der Waals surface area contributed by atoms with Crippen LogP contribution in [0.15, 0.2) is 54.6 Å². The van der Waals surface area contributed by atoms with E-state index in [-0.39, 0.29) is 30.2 Å².